The number of methoxy groups -OCH3 is 1. The topological polar surface area (TPSA) is 60.2 Å². The molecule has 2 aromatic rings. The van der Waals surface area contributed by atoms with Gasteiger partial charge in [0.1, 0.15) is 18.2 Å². The molecule has 1 N–H and O–H groups in total. The maximum absolute atomic E-state index is 9.51. The van der Waals surface area contributed by atoms with Gasteiger partial charge in [-0.1, -0.05) is 0 Å². The summed E-state index contributed by atoms with van der Waals surface area (Å²) < 4.78 is 6.81. The van der Waals surface area contributed by atoms with E-state index in [4.69, 9.17) is 4.74 Å². The van der Waals surface area contributed by atoms with Crippen molar-refractivity contribution < 1.29 is 9.84 Å². The summed E-state index contributed by atoms with van der Waals surface area (Å²) >= 11 is 0. The second kappa shape index (κ2) is 4.32. The normalized spacial score (nSPS) is 12.4. The summed E-state index contributed by atoms with van der Waals surface area (Å²) in [6.45, 7) is 1.66. The summed E-state index contributed by atoms with van der Waals surface area (Å²) in [6.07, 6.45) is 0.925. The number of rotatable bonds is 3. The van der Waals surface area contributed by atoms with Crippen molar-refractivity contribution in [1.29, 1.82) is 0 Å². The predicted octanol–water partition coefficient (Wildman–Crippen LogP) is 1.33. The van der Waals surface area contributed by atoms with Gasteiger partial charge in [-0.3, -0.25) is 4.57 Å². The average Bonchev–Trinajstić information content (AvgIpc) is 2.78. The summed E-state index contributed by atoms with van der Waals surface area (Å²) in [7, 11) is 1.62. The lowest BCUT2D eigenvalue weighted by molar-refractivity contribution is 0.186. The van der Waals surface area contributed by atoms with Crippen molar-refractivity contribution in [2.45, 2.75) is 13.0 Å². The molecule has 0 saturated heterocycles. The molecule has 1 atom stereocenters. The fraction of sp³-hybridized carbons (Fsp3) is 0.273. The summed E-state index contributed by atoms with van der Waals surface area (Å²) in [5.74, 6) is 1.31. The molecule has 0 spiro atoms. The van der Waals surface area contributed by atoms with E-state index in [0.29, 0.717) is 5.82 Å². The zero-order valence-electron chi connectivity index (χ0n) is 9.16. The summed E-state index contributed by atoms with van der Waals surface area (Å²) in [6, 6.07) is 7.46. The SMILES string of the molecule is COc1ccc(-n2cnnc2C(C)O)cc1. The molecule has 0 aliphatic heterocycles. The molecule has 16 heavy (non-hydrogen) atoms. The lowest BCUT2D eigenvalue weighted by Crippen LogP contribution is -2.03. The Hall–Kier alpha value is -1.88. The van der Waals surface area contributed by atoms with Crippen molar-refractivity contribution in [3.05, 3.63) is 36.4 Å². The zero-order valence-corrected chi connectivity index (χ0v) is 9.16. The average molecular weight is 219 g/mol. The molecule has 0 aliphatic carbocycles. The number of aliphatic hydroxyl groups is 1. The van der Waals surface area contributed by atoms with Gasteiger partial charge < -0.3 is 9.84 Å². The Balaban J connectivity index is 2.38. The number of hydrogen-bond donors (Lipinski definition) is 1. The largest absolute Gasteiger partial charge is 0.497 e. The standard InChI is InChI=1S/C11H13N3O2/c1-8(15)11-13-12-7-14(11)9-3-5-10(16-2)6-4-9/h3-8,15H,1-2H3. The van der Waals surface area contributed by atoms with Crippen LogP contribution in [0.2, 0.25) is 0 Å². The van der Waals surface area contributed by atoms with E-state index in [0.717, 1.165) is 11.4 Å². The Morgan fingerprint density at radius 2 is 2.00 bits per heavy atom. The van der Waals surface area contributed by atoms with Gasteiger partial charge in [0.2, 0.25) is 0 Å². The second-order valence-electron chi connectivity index (χ2n) is 3.43. The Morgan fingerprint density at radius 1 is 1.31 bits per heavy atom. The first-order chi connectivity index (χ1) is 7.72. The number of benzene rings is 1. The van der Waals surface area contributed by atoms with Crippen LogP contribution in [0.4, 0.5) is 0 Å². The van der Waals surface area contributed by atoms with Gasteiger partial charge in [0.05, 0.1) is 7.11 Å². The van der Waals surface area contributed by atoms with Gasteiger partial charge in [-0.2, -0.15) is 0 Å². The van der Waals surface area contributed by atoms with Gasteiger partial charge in [-0.25, -0.2) is 0 Å². The fourth-order valence-electron chi connectivity index (χ4n) is 1.47. The van der Waals surface area contributed by atoms with Crippen LogP contribution in [-0.2, 0) is 0 Å². The molecule has 5 heteroatoms. The third-order valence-electron chi connectivity index (χ3n) is 2.30. The quantitative estimate of drug-likeness (QED) is 0.846. The van der Waals surface area contributed by atoms with E-state index in [1.54, 1.807) is 24.9 Å². The van der Waals surface area contributed by atoms with Crippen LogP contribution in [0.5, 0.6) is 5.75 Å². The van der Waals surface area contributed by atoms with Crippen LogP contribution in [0.15, 0.2) is 30.6 Å². The fourth-order valence-corrected chi connectivity index (χ4v) is 1.47. The predicted molar refractivity (Wildman–Crippen MR) is 58.5 cm³/mol. The molecule has 84 valence electrons. The summed E-state index contributed by atoms with van der Waals surface area (Å²) in [5, 5.41) is 17.2. The zero-order chi connectivity index (χ0) is 11.5. The third-order valence-corrected chi connectivity index (χ3v) is 2.30. The van der Waals surface area contributed by atoms with E-state index in [1.807, 2.05) is 24.3 Å². The van der Waals surface area contributed by atoms with Crippen molar-refractivity contribution in [3.8, 4) is 11.4 Å². The third kappa shape index (κ3) is 1.90. The Labute approximate surface area is 93.3 Å². The molecule has 1 aromatic heterocycles. The molecule has 1 heterocycles. The van der Waals surface area contributed by atoms with Gasteiger partial charge in [0.15, 0.2) is 5.82 Å². The van der Waals surface area contributed by atoms with Crippen LogP contribution < -0.4 is 4.74 Å². The van der Waals surface area contributed by atoms with Gasteiger partial charge in [-0.05, 0) is 31.2 Å². The molecule has 0 bridgehead atoms. The lowest BCUT2D eigenvalue weighted by atomic mass is 10.3. The summed E-state index contributed by atoms with van der Waals surface area (Å²) in [4.78, 5) is 0. The van der Waals surface area contributed by atoms with Gasteiger partial charge in [0.25, 0.3) is 0 Å². The molecule has 5 nitrogen and oxygen atoms in total. The van der Waals surface area contributed by atoms with Crippen LogP contribution in [0.3, 0.4) is 0 Å². The molecule has 1 aromatic carbocycles. The van der Waals surface area contributed by atoms with Gasteiger partial charge >= 0.3 is 0 Å². The highest BCUT2D eigenvalue weighted by Crippen LogP contribution is 2.18. The van der Waals surface area contributed by atoms with Crippen molar-refractivity contribution in [1.82, 2.24) is 14.8 Å². The Bertz CT molecular complexity index is 462. The highest BCUT2D eigenvalue weighted by Gasteiger charge is 2.11. The Morgan fingerprint density at radius 3 is 2.56 bits per heavy atom. The molecule has 0 saturated carbocycles. The van der Waals surface area contributed by atoms with E-state index in [2.05, 4.69) is 10.2 Å². The van der Waals surface area contributed by atoms with E-state index < -0.39 is 6.10 Å². The number of hydrogen-bond acceptors (Lipinski definition) is 4. The van der Waals surface area contributed by atoms with E-state index in [9.17, 15) is 5.11 Å². The van der Waals surface area contributed by atoms with Gasteiger partial charge in [-0.15, -0.1) is 10.2 Å². The Kier molecular flexibility index (Phi) is 2.87. The molecular weight excluding hydrogens is 206 g/mol. The second-order valence-corrected chi connectivity index (χ2v) is 3.43. The maximum atomic E-state index is 9.51. The van der Waals surface area contributed by atoms with E-state index in [1.165, 1.54) is 0 Å². The van der Waals surface area contributed by atoms with Crippen molar-refractivity contribution in [2.24, 2.45) is 0 Å². The number of aromatic nitrogens is 3. The van der Waals surface area contributed by atoms with E-state index in [-0.39, 0.29) is 0 Å². The molecule has 2 rings (SSSR count). The van der Waals surface area contributed by atoms with Crippen molar-refractivity contribution in [2.75, 3.05) is 7.11 Å². The minimum Gasteiger partial charge on any atom is -0.497 e. The molecule has 1 unspecified atom stereocenters. The van der Waals surface area contributed by atoms with Crippen LogP contribution in [0.1, 0.15) is 18.9 Å². The first-order valence-corrected chi connectivity index (χ1v) is 4.95. The minimum atomic E-state index is -0.649. The highest BCUT2D eigenvalue weighted by atomic mass is 16.5. The monoisotopic (exact) mass is 219 g/mol. The van der Waals surface area contributed by atoms with Crippen LogP contribution >= 0.6 is 0 Å². The molecule has 0 fully saturated rings. The number of nitrogens with zero attached hydrogens (tertiary/aromatic N) is 3. The number of ether oxygens (including phenoxy) is 1. The van der Waals surface area contributed by atoms with Crippen molar-refractivity contribution in [3.63, 3.8) is 0 Å². The first kappa shape index (κ1) is 10.6. The smallest absolute Gasteiger partial charge is 0.166 e. The summed E-state index contributed by atoms with van der Waals surface area (Å²) in [5.41, 5.74) is 0.890. The maximum Gasteiger partial charge on any atom is 0.166 e. The number of aliphatic hydroxyl groups excluding tert-OH is 1. The molecule has 0 aliphatic rings. The van der Waals surface area contributed by atoms with Crippen molar-refractivity contribution >= 4 is 0 Å². The lowest BCUT2D eigenvalue weighted by Gasteiger charge is -2.08. The van der Waals surface area contributed by atoms with Gasteiger partial charge in [0, 0.05) is 5.69 Å². The molecule has 0 radical (unpaired) electrons. The van der Waals surface area contributed by atoms with Crippen LogP contribution in [0, 0.1) is 0 Å². The first-order valence-electron chi connectivity index (χ1n) is 4.95. The molecule has 0 amide bonds. The van der Waals surface area contributed by atoms with Crippen LogP contribution in [-0.4, -0.2) is 27.0 Å². The van der Waals surface area contributed by atoms with E-state index >= 15 is 0 Å². The molecular formula is C11H13N3O2. The highest BCUT2D eigenvalue weighted by molar-refractivity contribution is 5.38. The van der Waals surface area contributed by atoms with Crippen LogP contribution in [0.25, 0.3) is 5.69 Å². The minimum absolute atomic E-state index is 0.519.